The molecule has 2 heterocycles. The molecule has 1 N–H and O–H groups in total. The number of thiazole rings is 1. The number of aromatic nitrogens is 1. The van der Waals surface area contributed by atoms with Crippen LogP contribution in [0.3, 0.4) is 0 Å². The fourth-order valence-electron chi connectivity index (χ4n) is 2.27. The van der Waals surface area contributed by atoms with Crippen LogP contribution in [0.25, 0.3) is 0 Å². The second-order valence-corrected chi connectivity index (χ2v) is 6.73. The summed E-state index contributed by atoms with van der Waals surface area (Å²) in [4.78, 5) is 19.0. The predicted molar refractivity (Wildman–Crippen MR) is 92.6 cm³/mol. The van der Waals surface area contributed by atoms with E-state index in [2.05, 4.69) is 15.2 Å². The van der Waals surface area contributed by atoms with Crippen molar-refractivity contribution in [3.05, 3.63) is 44.9 Å². The smallest absolute Gasteiger partial charge is 0.259 e. The first-order valence-corrected chi connectivity index (χ1v) is 8.77. The highest BCUT2D eigenvalue weighted by Gasteiger charge is 2.16. The van der Waals surface area contributed by atoms with E-state index in [1.165, 1.54) is 11.3 Å². The fourth-order valence-corrected chi connectivity index (χ4v) is 3.35. The zero-order valence-corrected chi connectivity index (χ0v) is 14.5. The Morgan fingerprint density at radius 2 is 2.13 bits per heavy atom. The van der Waals surface area contributed by atoms with Gasteiger partial charge in [-0.25, -0.2) is 4.98 Å². The molecule has 1 aliphatic heterocycles. The molecule has 3 rings (SSSR count). The molecule has 0 unspecified atom stereocenters. The van der Waals surface area contributed by atoms with Crippen molar-refractivity contribution in [3.63, 3.8) is 0 Å². The van der Waals surface area contributed by atoms with Gasteiger partial charge in [-0.3, -0.25) is 15.0 Å². The molecule has 122 valence electrons. The number of ether oxygens (including phenoxy) is 1. The van der Waals surface area contributed by atoms with Gasteiger partial charge in [0.05, 0.1) is 34.5 Å². The van der Waals surface area contributed by atoms with Gasteiger partial charge in [0.25, 0.3) is 5.91 Å². The van der Waals surface area contributed by atoms with Crippen LogP contribution in [0.2, 0.25) is 10.0 Å². The standard InChI is InChI=1S/C15H15Cl2N3O2S/c16-12-3-1-2-11(13(12)17)14(21)19-15-18-10(9-23-15)8-20-4-6-22-7-5-20/h1-3,9H,4-8H2,(H,18,19,21). The molecule has 0 bridgehead atoms. The first kappa shape index (κ1) is 16.7. The molecule has 1 saturated heterocycles. The van der Waals surface area contributed by atoms with Gasteiger partial charge in [0.1, 0.15) is 0 Å². The fraction of sp³-hybridized carbons (Fsp3) is 0.333. The van der Waals surface area contributed by atoms with Crippen LogP contribution in [0, 0.1) is 0 Å². The molecular formula is C15H15Cl2N3O2S. The molecule has 0 spiro atoms. The Bertz CT molecular complexity index is 702. The van der Waals surface area contributed by atoms with Gasteiger partial charge in [0, 0.05) is 25.0 Å². The number of benzene rings is 1. The monoisotopic (exact) mass is 371 g/mol. The molecule has 0 atom stereocenters. The van der Waals surface area contributed by atoms with Crippen molar-refractivity contribution in [2.75, 3.05) is 31.6 Å². The summed E-state index contributed by atoms with van der Waals surface area (Å²) in [7, 11) is 0. The van der Waals surface area contributed by atoms with Crippen molar-refractivity contribution in [1.82, 2.24) is 9.88 Å². The summed E-state index contributed by atoms with van der Waals surface area (Å²) in [5.74, 6) is -0.315. The minimum Gasteiger partial charge on any atom is -0.379 e. The van der Waals surface area contributed by atoms with Gasteiger partial charge in [-0.1, -0.05) is 29.3 Å². The topological polar surface area (TPSA) is 54.5 Å². The number of hydrogen-bond acceptors (Lipinski definition) is 5. The molecule has 0 saturated carbocycles. The third kappa shape index (κ3) is 4.22. The molecule has 8 heteroatoms. The molecule has 2 aromatic rings. The van der Waals surface area contributed by atoms with Crippen molar-refractivity contribution in [2.45, 2.75) is 6.54 Å². The van der Waals surface area contributed by atoms with E-state index in [0.29, 0.717) is 15.7 Å². The number of halogens is 2. The Morgan fingerprint density at radius 3 is 2.91 bits per heavy atom. The van der Waals surface area contributed by atoms with E-state index >= 15 is 0 Å². The van der Waals surface area contributed by atoms with Crippen molar-refractivity contribution in [2.24, 2.45) is 0 Å². The number of rotatable bonds is 4. The second-order valence-electron chi connectivity index (χ2n) is 5.09. The van der Waals surface area contributed by atoms with Crippen LogP contribution in [0.1, 0.15) is 16.1 Å². The molecule has 1 aromatic heterocycles. The largest absolute Gasteiger partial charge is 0.379 e. The lowest BCUT2D eigenvalue weighted by Crippen LogP contribution is -2.35. The lowest BCUT2D eigenvalue weighted by Gasteiger charge is -2.25. The van der Waals surface area contributed by atoms with Crippen LogP contribution in [-0.4, -0.2) is 42.1 Å². The zero-order valence-electron chi connectivity index (χ0n) is 12.2. The number of amides is 1. The van der Waals surface area contributed by atoms with Crippen molar-refractivity contribution in [3.8, 4) is 0 Å². The maximum atomic E-state index is 12.3. The third-order valence-electron chi connectivity index (χ3n) is 3.46. The molecule has 1 fully saturated rings. The summed E-state index contributed by atoms with van der Waals surface area (Å²) in [5.41, 5.74) is 1.27. The van der Waals surface area contributed by atoms with Crippen molar-refractivity contribution in [1.29, 1.82) is 0 Å². The van der Waals surface area contributed by atoms with E-state index in [0.717, 1.165) is 38.5 Å². The number of nitrogens with one attached hydrogen (secondary N) is 1. The summed E-state index contributed by atoms with van der Waals surface area (Å²) in [6.45, 7) is 4.06. The third-order valence-corrected chi connectivity index (χ3v) is 5.08. The van der Waals surface area contributed by atoms with Gasteiger partial charge in [0.2, 0.25) is 0 Å². The summed E-state index contributed by atoms with van der Waals surface area (Å²) >= 11 is 13.4. The second kappa shape index (κ2) is 7.59. The van der Waals surface area contributed by atoms with Crippen molar-refractivity contribution >= 4 is 45.6 Å². The molecule has 23 heavy (non-hydrogen) atoms. The number of hydrogen-bond donors (Lipinski definition) is 1. The van der Waals surface area contributed by atoms with Crippen LogP contribution >= 0.6 is 34.5 Å². The van der Waals surface area contributed by atoms with E-state index < -0.39 is 0 Å². The quantitative estimate of drug-likeness (QED) is 0.892. The number of carbonyl (C=O) groups excluding carboxylic acids is 1. The van der Waals surface area contributed by atoms with Gasteiger partial charge in [0.15, 0.2) is 5.13 Å². The maximum absolute atomic E-state index is 12.3. The van der Waals surface area contributed by atoms with Crippen LogP contribution in [0.4, 0.5) is 5.13 Å². The molecule has 0 aliphatic carbocycles. The Balaban J connectivity index is 1.64. The Hall–Kier alpha value is -1.18. The minimum absolute atomic E-state index is 0.247. The molecule has 1 aromatic carbocycles. The average molecular weight is 372 g/mol. The summed E-state index contributed by atoms with van der Waals surface area (Å²) < 4.78 is 5.33. The number of carbonyl (C=O) groups is 1. The molecule has 5 nitrogen and oxygen atoms in total. The van der Waals surface area contributed by atoms with Gasteiger partial charge < -0.3 is 4.74 Å². The van der Waals surface area contributed by atoms with E-state index in [1.54, 1.807) is 18.2 Å². The van der Waals surface area contributed by atoms with Gasteiger partial charge in [-0.05, 0) is 12.1 Å². The van der Waals surface area contributed by atoms with Crippen LogP contribution in [0.15, 0.2) is 23.6 Å². The molecular weight excluding hydrogens is 357 g/mol. The SMILES string of the molecule is O=C(Nc1nc(CN2CCOCC2)cs1)c1cccc(Cl)c1Cl. The van der Waals surface area contributed by atoms with E-state index in [9.17, 15) is 4.79 Å². The van der Waals surface area contributed by atoms with E-state index in [-0.39, 0.29) is 10.9 Å². The average Bonchev–Trinajstić information content (AvgIpc) is 2.98. The van der Waals surface area contributed by atoms with Gasteiger partial charge >= 0.3 is 0 Å². The number of morpholine rings is 1. The van der Waals surface area contributed by atoms with E-state index in [4.69, 9.17) is 27.9 Å². The Morgan fingerprint density at radius 1 is 1.35 bits per heavy atom. The van der Waals surface area contributed by atoms with Gasteiger partial charge in [-0.15, -0.1) is 11.3 Å². The molecule has 0 radical (unpaired) electrons. The Labute approximate surface area is 148 Å². The van der Waals surface area contributed by atoms with Crippen LogP contribution in [0.5, 0.6) is 0 Å². The summed E-state index contributed by atoms with van der Waals surface area (Å²) in [5, 5.41) is 5.87. The highest BCUT2D eigenvalue weighted by Crippen LogP contribution is 2.26. The zero-order chi connectivity index (χ0) is 16.2. The van der Waals surface area contributed by atoms with Crippen LogP contribution < -0.4 is 5.32 Å². The highest BCUT2D eigenvalue weighted by atomic mass is 35.5. The Kier molecular flexibility index (Phi) is 5.50. The molecule has 1 aliphatic rings. The predicted octanol–water partition coefficient (Wildman–Crippen LogP) is 3.53. The van der Waals surface area contributed by atoms with E-state index in [1.807, 2.05) is 5.38 Å². The first-order valence-electron chi connectivity index (χ1n) is 7.13. The first-order chi connectivity index (χ1) is 11.1. The molecule has 1 amide bonds. The normalized spacial score (nSPS) is 15.6. The summed E-state index contributed by atoms with van der Waals surface area (Å²) in [6, 6.07) is 4.96. The van der Waals surface area contributed by atoms with Crippen molar-refractivity contribution < 1.29 is 9.53 Å². The van der Waals surface area contributed by atoms with Gasteiger partial charge in [-0.2, -0.15) is 0 Å². The highest BCUT2D eigenvalue weighted by molar-refractivity contribution is 7.14. The lowest BCUT2D eigenvalue weighted by molar-refractivity contribution is 0.0337. The number of anilines is 1. The maximum Gasteiger partial charge on any atom is 0.259 e. The number of nitrogens with zero attached hydrogens (tertiary/aromatic N) is 2. The lowest BCUT2D eigenvalue weighted by atomic mass is 10.2. The minimum atomic E-state index is -0.315. The van der Waals surface area contributed by atoms with Crippen LogP contribution in [-0.2, 0) is 11.3 Å². The summed E-state index contributed by atoms with van der Waals surface area (Å²) in [6.07, 6.45) is 0.